The summed E-state index contributed by atoms with van der Waals surface area (Å²) in [7, 11) is 0. The Morgan fingerprint density at radius 2 is 2.33 bits per heavy atom. The molecule has 0 saturated carbocycles. The van der Waals surface area contributed by atoms with Gasteiger partial charge in [-0.25, -0.2) is 0 Å². The Bertz CT molecular complexity index is 632. The van der Waals surface area contributed by atoms with Gasteiger partial charge in [0.1, 0.15) is 11.8 Å². The van der Waals surface area contributed by atoms with E-state index in [2.05, 4.69) is 10.1 Å². The maximum Gasteiger partial charge on any atom is 0.258 e. The van der Waals surface area contributed by atoms with Gasteiger partial charge < -0.3 is 13.8 Å². The lowest BCUT2D eigenvalue weighted by Crippen LogP contribution is -2.38. The summed E-state index contributed by atoms with van der Waals surface area (Å²) < 4.78 is 10.6. The van der Waals surface area contributed by atoms with Crippen LogP contribution in [0.4, 0.5) is 0 Å². The largest absolute Gasteiger partial charge is 0.469 e. The van der Waals surface area contributed by atoms with Crippen molar-refractivity contribution in [3.63, 3.8) is 0 Å². The molecule has 6 nitrogen and oxygen atoms in total. The van der Waals surface area contributed by atoms with Crippen LogP contribution in [0.3, 0.4) is 0 Å². The van der Waals surface area contributed by atoms with Crippen LogP contribution in [-0.4, -0.2) is 27.5 Å². The quantitative estimate of drug-likeness (QED) is 0.868. The number of piperidine rings is 1. The maximum absolute atomic E-state index is 12.7. The van der Waals surface area contributed by atoms with Crippen LogP contribution in [0.15, 0.2) is 21.3 Å². The first-order valence-electron chi connectivity index (χ1n) is 7.38. The fraction of sp³-hybridized carbons (Fsp3) is 0.533. The van der Waals surface area contributed by atoms with Crippen molar-refractivity contribution >= 4 is 5.91 Å². The third kappa shape index (κ3) is 2.57. The monoisotopic (exact) mass is 289 g/mol. The number of amides is 1. The van der Waals surface area contributed by atoms with Crippen molar-refractivity contribution < 1.29 is 13.7 Å². The molecule has 6 heteroatoms. The van der Waals surface area contributed by atoms with E-state index in [1.165, 1.54) is 0 Å². The van der Waals surface area contributed by atoms with E-state index in [4.69, 9.17) is 8.94 Å². The zero-order valence-electron chi connectivity index (χ0n) is 12.3. The van der Waals surface area contributed by atoms with Crippen LogP contribution >= 0.6 is 0 Å². The van der Waals surface area contributed by atoms with Crippen molar-refractivity contribution in [1.29, 1.82) is 0 Å². The number of carbonyl (C=O) groups excluding carboxylic acids is 1. The number of likely N-dealkylation sites (tertiary alicyclic amines) is 1. The number of rotatable bonds is 3. The molecule has 1 amide bonds. The predicted octanol–water partition coefficient (Wildman–Crippen LogP) is 2.90. The molecule has 3 heterocycles. The SMILES string of the molecule is CCc1noc([C@H]2CCCCN2C(=O)c2ccoc2C)n1. The smallest absolute Gasteiger partial charge is 0.258 e. The second kappa shape index (κ2) is 5.71. The average Bonchev–Trinajstić information content (AvgIpc) is 3.15. The maximum atomic E-state index is 12.7. The van der Waals surface area contributed by atoms with E-state index in [-0.39, 0.29) is 11.9 Å². The fourth-order valence-corrected chi connectivity index (χ4v) is 2.74. The molecule has 0 aliphatic carbocycles. The zero-order valence-corrected chi connectivity index (χ0v) is 12.3. The molecule has 112 valence electrons. The summed E-state index contributed by atoms with van der Waals surface area (Å²) in [6.45, 7) is 4.49. The van der Waals surface area contributed by atoms with Crippen LogP contribution < -0.4 is 0 Å². The number of nitrogens with zero attached hydrogens (tertiary/aromatic N) is 3. The van der Waals surface area contributed by atoms with Gasteiger partial charge in [0.15, 0.2) is 5.82 Å². The van der Waals surface area contributed by atoms with Gasteiger partial charge in [-0.3, -0.25) is 4.79 Å². The topological polar surface area (TPSA) is 72.4 Å². The average molecular weight is 289 g/mol. The van der Waals surface area contributed by atoms with E-state index in [1.54, 1.807) is 19.3 Å². The van der Waals surface area contributed by atoms with E-state index < -0.39 is 0 Å². The van der Waals surface area contributed by atoms with Crippen LogP contribution in [0, 0.1) is 6.92 Å². The summed E-state index contributed by atoms with van der Waals surface area (Å²) in [5, 5.41) is 3.94. The van der Waals surface area contributed by atoms with Crippen molar-refractivity contribution in [2.45, 2.75) is 45.6 Å². The number of hydrogen-bond acceptors (Lipinski definition) is 5. The lowest BCUT2D eigenvalue weighted by atomic mass is 10.0. The molecule has 2 aromatic heterocycles. The highest BCUT2D eigenvalue weighted by Crippen LogP contribution is 2.31. The summed E-state index contributed by atoms with van der Waals surface area (Å²) >= 11 is 0. The first-order chi connectivity index (χ1) is 10.2. The van der Waals surface area contributed by atoms with Gasteiger partial charge in [-0.2, -0.15) is 4.98 Å². The van der Waals surface area contributed by atoms with Crippen LogP contribution in [0.1, 0.15) is 60.1 Å². The van der Waals surface area contributed by atoms with Crippen LogP contribution in [0.5, 0.6) is 0 Å². The normalized spacial score (nSPS) is 19.0. The summed E-state index contributed by atoms with van der Waals surface area (Å²) in [5.74, 6) is 1.84. The molecule has 0 N–H and O–H groups in total. The number of furan rings is 1. The van der Waals surface area contributed by atoms with E-state index in [9.17, 15) is 4.79 Å². The van der Waals surface area contributed by atoms with E-state index >= 15 is 0 Å². The highest BCUT2D eigenvalue weighted by molar-refractivity contribution is 5.95. The summed E-state index contributed by atoms with van der Waals surface area (Å²) in [5.41, 5.74) is 0.608. The van der Waals surface area contributed by atoms with Crippen molar-refractivity contribution in [3.8, 4) is 0 Å². The highest BCUT2D eigenvalue weighted by Gasteiger charge is 2.33. The van der Waals surface area contributed by atoms with Crippen molar-refractivity contribution in [2.75, 3.05) is 6.54 Å². The second-order valence-corrected chi connectivity index (χ2v) is 5.30. The van der Waals surface area contributed by atoms with Crippen molar-refractivity contribution in [2.24, 2.45) is 0 Å². The molecule has 3 rings (SSSR count). The lowest BCUT2D eigenvalue weighted by molar-refractivity contribution is 0.0559. The molecule has 1 atom stereocenters. The number of aromatic nitrogens is 2. The summed E-state index contributed by atoms with van der Waals surface area (Å²) in [6, 6.07) is 1.59. The molecule has 0 radical (unpaired) electrons. The molecular weight excluding hydrogens is 270 g/mol. The third-order valence-corrected chi connectivity index (χ3v) is 3.94. The molecule has 1 aliphatic heterocycles. The zero-order chi connectivity index (χ0) is 14.8. The standard InChI is InChI=1S/C15H19N3O3/c1-3-13-16-14(21-17-13)12-6-4-5-8-18(12)15(19)11-7-9-20-10(11)2/h7,9,12H,3-6,8H2,1-2H3/t12-/m1/s1. The Balaban J connectivity index is 1.87. The Morgan fingerprint density at radius 1 is 1.48 bits per heavy atom. The van der Waals surface area contributed by atoms with Gasteiger partial charge in [-0.05, 0) is 32.3 Å². The Kier molecular flexibility index (Phi) is 3.77. The van der Waals surface area contributed by atoms with Gasteiger partial charge in [0.25, 0.3) is 5.91 Å². The van der Waals surface area contributed by atoms with Crippen LogP contribution in [-0.2, 0) is 6.42 Å². The number of hydrogen-bond donors (Lipinski definition) is 0. The molecule has 21 heavy (non-hydrogen) atoms. The van der Waals surface area contributed by atoms with E-state index in [1.807, 2.05) is 11.8 Å². The fourth-order valence-electron chi connectivity index (χ4n) is 2.74. The number of carbonyl (C=O) groups is 1. The molecule has 1 fully saturated rings. The highest BCUT2D eigenvalue weighted by atomic mass is 16.5. The van der Waals surface area contributed by atoms with Crippen molar-refractivity contribution in [1.82, 2.24) is 15.0 Å². The predicted molar refractivity (Wildman–Crippen MR) is 74.7 cm³/mol. The molecule has 0 spiro atoms. The Hall–Kier alpha value is -2.11. The molecule has 0 aromatic carbocycles. The third-order valence-electron chi connectivity index (χ3n) is 3.94. The lowest BCUT2D eigenvalue weighted by Gasteiger charge is -2.33. The molecule has 2 aromatic rings. The minimum absolute atomic E-state index is 0.0257. The first-order valence-corrected chi connectivity index (χ1v) is 7.38. The summed E-state index contributed by atoms with van der Waals surface area (Å²) in [4.78, 5) is 18.9. The molecule has 0 bridgehead atoms. The van der Waals surface area contributed by atoms with Gasteiger partial charge in [0.2, 0.25) is 5.89 Å². The molecule has 1 aliphatic rings. The minimum Gasteiger partial charge on any atom is -0.469 e. The van der Waals surface area contributed by atoms with Gasteiger partial charge in [0, 0.05) is 13.0 Å². The van der Waals surface area contributed by atoms with Crippen LogP contribution in [0.2, 0.25) is 0 Å². The van der Waals surface area contributed by atoms with Gasteiger partial charge in [-0.1, -0.05) is 12.1 Å². The second-order valence-electron chi connectivity index (χ2n) is 5.30. The summed E-state index contributed by atoms with van der Waals surface area (Å²) in [6.07, 6.45) is 5.18. The Morgan fingerprint density at radius 3 is 3.00 bits per heavy atom. The molecule has 0 unspecified atom stereocenters. The van der Waals surface area contributed by atoms with Gasteiger partial charge >= 0.3 is 0 Å². The molecule has 1 saturated heterocycles. The van der Waals surface area contributed by atoms with Crippen molar-refractivity contribution in [3.05, 3.63) is 35.4 Å². The van der Waals surface area contributed by atoms with Gasteiger partial charge in [-0.15, -0.1) is 0 Å². The van der Waals surface area contributed by atoms with Gasteiger partial charge in [0.05, 0.1) is 11.8 Å². The van der Waals surface area contributed by atoms with E-state index in [0.29, 0.717) is 29.6 Å². The molecular formula is C15H19N3O3. The first kappa shape index (κ1) is 13.9. The van der Waals surface area contributed by atoms with E-state index in [0.717, 1.165) is 25.7 Å². The van der Waals surface area contributed by atoms with Crippen LogP contribution in [0.25, 0.3) is 0 Å². The minimum atomic E-state index is -0.131. The Labute approximate surface area is 123 Å². The number of aryl methyl sites for hydroxylation is 2.